The van der Waals surface area contributed by atoms with Crippen LogP contribution in [0.25, 0.3) is 0 Å². The summed E-state index contributed by atoms with van der Waals surface area (Å²) < 4.78 is 29.4. The minimum absolute atomic E-state index is 0.109. The van der Waals surface area contributed by atoms with Crippen LogP contribution >= 0.6 is 0 Å². The van der Waals surface area contributed by atoms with E-state index in [4.69, 9.17) is 5.11 Å². The number of carbonyl (C=O) groups excluding carboxylic acids is 2. The van der Waals surface area contributed by atoms with Crippen molar-refractivity contribution in [2.75, 3.05) is 17.4 Å². The molecule has 0 aromatic heterocycles. The average molecular weight is 458 g/mol. The highest BCUT2D eigenvalue weighted by molar-refractivity contribution is 7.90. The molecule has 0 spiro atoms. The molecule has 11 heteroatoms. The van der Waals surface area contributed by atoms with Gasteiger partial charge in [0.1, 0.15) is 5.71 Å². The van der Waals surface area contributed by atoms with Crippen molar-refractivity contribution in [1.82, 2.24) is 5.01 Å². The number of sulfonamides is 1. The predicted molar refractivity (Wildman–Crippen MR) is 118 cm³/mol. The second-order valence-electron chi connectivity index (χ2n) is 7.12. The lowest BCUT2D eigenvalue weighted by Gasteiger charge is -2.25. The molecule has 2 N–H and O–H groups in total. The number of carbonyl (C=O) groups is 3. The molecule has 1 saturated heterocycles. The largest absolute Gasteiger partial charge is 0.481 e. The second-order valence-corrected chi connectivity index (χ2v) is 8.72. The van der Waals surface area contributed by atoms with Crippen molar-refractivity contribution in [3.8, 4) is 0 Å². The van der Waals surface area contributed by atoms with Crippen molar-refractivity contribution in [3.05, 3.63) is 54.6 Å². The molecule has 168 valence electrons. The zero-order valence-corrected chi connectivity index (χ0v) is 18.2. The fraction of sp³-hybridized carbons (Fsp3) is 0.238. The molecule has 0 saturated carbocycles. The van der Waals surface area contributed by atoms with Crippen LogP contribution < -0.4 is 10.3 Å². The van der Waals surface area contributed by atoms with E-state index in [1.807, 2.05) is 6.07 Å². The van der Waals surface area contributed by atoms with Gasteiger partial charge in [0.2, 0.25) is 5.91 Å². The van der Waals surface area contributed by atoms with Crippen molar-refractivity contribution in [2.45, 2.75) is 30.7 Å². The van der Waals surface area contributed by atoms with E-state index in [9.17, 15) is 22.8 Å². The highest BCUT2D eigenvalue weighted by Crippen LogP contribution is 2.26. The third-order valence-corrected chi connectivity index (χ3v) is 6.21. The molecule has 1 unspecified atom stereocenters. The quantitative estimate of drug-likeness (QED) is 0.647. The molecule has 10 nitrogen and oxygen atoms in total. The van der Waals surface area contributed by atoms with Crippen LogP contribution in [0.1, 0.15) is 19.8 Å². The number of aliphatic carboxylic acids is 1. The van der Waals surface area contributed by atoms with Crippen LogP contribution in [0.4, 0.5) is 11.4 Å². The summed E-state index contributed by atoms with van der Waals surface area (Å²) in [6.45, 7) is 1.69. The molecule has 2 aromatic carbocycles. The van der Waals surface area contributed by atoms with E-state index in [0.717, 1.165) is 0 Å². The number of para-hydroxylation sites is 1. The van der Waals surface area contributed by atoms with E-state index in [2.05, 4.69) is 9.71 Å². The molecule has 0 aliphatic carbocycles. The van der Waals surface area contributed by atoms with E-state index >= 15 is 0 Å². The number of hydrogen-bond donors (Lipinski definition) is 2. The minimum Gasteiger partial charge on any atom is -0.481 e. The first-order chi connectivity index (χ1) is 15.1. The summed E-state index contributed by atoms with van der Waals surface area (Å²) in [6.07, 6.45) is -0.509. The van der Waals surface area contributed by atoms with Crippen molar-refractivity contribution >= 4 is 44.9 Å². The summed E-state index contributed by atoms with van der Waals surface area (Å²) >= 11 is 0. The number of carboxylic acids is 1. The number of nitrogens with one attached hydrogen (secondary N) is 1. The molecule has 32 heavy (non-hydrogen) atoms. The first-order valence-corrected chi connectivity index (χ1v) is 11.1. The topological polar surface area (TPSA) is 136 Å². The summed E-state index contributed by atoms with van der Waals surface area (Å²) in [6, 6.07) is 13.5. The molecule has 2 aromatic rings. The third kappa shape index (κ3) is 5.01. The van der Waals surface area contributed by atoms with Gasteiger partial charge >= 0.3 is 5.97 Å². The lowest BCUT2D eigenvalue weighted by atomic mass is 10.2. The molecule has 1 atom stereocenters. The first kappa shape index (κ1) is 23.1. The maximum absolute atomic E-state index is 12.9. The highest BCUT2D eigenvalue weighted by atomic mass is 32.2. The molecular formula is C21H22N4O6S. The lowest BCUT2D eigenvalue weighted by Crippen LogP contribution is -2.38. The fourth-order valence-electron chi connectivity index (χ4n) is 3.10. The van der Waals surface area contributed by atoms with Crippen molar-refractivity contribution in [1.29, 1.82) is 0 Å². The maximum Gasteiger partial charge on any atom is 0.303 e. The number of nitrogens with zero attached hydrogens (tertiary/aromatic N) is 3. The Balaban J connectivity index is 1.80. The smallest absolute Gasteiger partial charge is 0.303 e. The maximum atomic E-state index is 12.9. The van der Waals surface area contributed by atoms with Crippen molar-refractivity contribution in [3.63, 3.8) is 0 Å². The Labute approximate surface area is 185 Å². The van der Waals surface area contributed by atoms with Crippen molar-refractivity contribution < 1.29 is 27.9 Å². The normalized spacial score (nSPS) is 18.2. The number of amides is 2. The SMILES string of the molecule is CC1C(=NS(=O)(=O)c2ccc(NC(=O)CCC(=O)O)cc2)C(=O)N(c2ccccc2)N1C. The summed E-state index contributed by atoms with van der Waals surface area (Å²) in [7, 11) is -2.51. The van der Waals surface area contributed by atoms with E-state index < -0.39 is 33.8 Å². The molecule has 1 heterocycles. The van der Waals surface area contributed by atoms with Gasteiger partial charge in [0.15, 0.2) is 0 Å². The predicted octanol–water partition coefficient (Wildman–Crippen LogP) is 1.90. The van der Waals surface area contributed by atoms with Gasteiger partial charge in [0.25, 0.3) is 15.9 Å². The summed E-state index contributed by atoms with van der Waals surface area (Å²) in [5.41, 5.74) is 0.798. The van der Waals surface area contributed by atoms with E-state index in [1.54, 1.807) is 43.2 Å². The van der Waals surface area contributed by atoms with Gasteiger partial charge in [-0.25, -0.2) is 10.0 Å². The van der Waals surface area contributed by atoms with E-state index in [1.165, 1.54) is 29.3 Å². The molecule has 1 aliphatic rings. The first-order valence-electron chi connectivity index (χ1n) is 9.69. The molecule has 0 bridgehead atoms. The Bertz CT molecular complexity index is 1160. The standard InChI is InChI=1S/C21H22N4O6S/c1-14-20(21(29)25(24(14)2)16-6-4-3-5-7-16)23-32(30,31)17-10-8-15(9-11-17)22-18(26)12-13-19(27)28/h3-11,14H,12-13H2,1-2H3,(H,22,26)(H,27,28). The van der Waals surface area contributed by atoms with Crippen LogP contribution in [-0.4, -0.2) is 55.1 Å². The zero-order chi connectivity index (χ0) is 23.5. The molecule has 2 amide bonds. The monoisotopic (exact) mass is 458 g/mol. The van der Waals surface area contributed by atoms with Crippen LogP contribution in [0.15, 0.2) is 63.9 Å². The van der Waals surface area contributed by atoms with Gasteiger partial charge in [-0.05, 0) is 43.3 Å². The highest BCUT2D eigenvalue weighted by Gasteiger charge is 2.41. The molecule has 1 aliphatic heterocycles. The Morgan fingerprint density at radius 2 is 1.69 bits per heavy atom. The Morgan fingerprint density at radius 3 is 2.28 bits per heavy atom. The van der Waals surface area contributed by atoms with Crippen LogP contribution in [0.3, 0.4) is 0 Å². The number of rotatable bonds is 7. The van der Waals surface area contributed by atoms with Crippen LogP contribution in [0.5, 0.6) is 0 Å². The summed E-state index contributed by atoms with van der Waals surface area (Å²) in [4.78, 5) is 35.0. The van der Waals surface area contributed by atoms with Crippen LogP contribution in [-0.2, 0) is 24.4 Å². The lowest BCUT2D eigenvalue weighted by molar-refractivity contribution is -0.138. The van der Waals surface area contributed by atoms with Gasteiger partial charge in [0.05, 0.1) is 23.0 Å². The summed E-state index contributed by atoms with van der Waals surface area (Å²) in [5, 5.41) is 14.1. The van der Waals surface area contributed by atoms with Crippen LogP contribution in [0, 0.1) is 0 Å². The molecule has 0 radical (unpaired) electrons. The average Bonchev–Trinajstić information content (AvgIpc) is 2.96. The number of hydrazine groups is 1. The Kier molecular flexibility index (Phi) is 6.70. The minimum atomic E-state index is -4.18. The molecule has 3 rings (SSSR count). The molecule has 1 fully saturated rings. The van der Waals surface area contributed by atoms with Gasteiger partial charge in [-0.2, -0.15) is 12.8 Å². The number of benzene rings is 2. The third-order valence-electron chi connectivity index (χ3n) is 4.90. The number of anilines is 2. The fourth-order valence-corrected chi connectivity index (χ4v) is 4.18. The summed E-state index contributed by atoms with van der Waals surface area (Å²) in [5.74, 6) is -2.12. The zero-order valence-electron chi connectivity index (χ0n) is 17.4. The van der Waals surface area contributed by atoms with Gasteiger partial charge in [-0.3, -0.25) is 14.4 Å². The Hall–Kier alpha value is -3.57. The second kappa shape index (κ2) is 9.28. The van der Waals surface area contributed by atoms with Crippen molar-refractivity contribution in [2.24, 2.45) is 4.40 Å². The number of carboxylic acid groups (broad SMARTS) is 1. The van der Waals surface area contributed by atoms with Crippen LogP contribution in [0.2, 0.25) is 0 Å². The van der Waals surface area contributed by atoms with Gasteiger partial charge in [-0.1, -0.05) is 18.2 Å². The molecular weight excluding hydrogens is 436 g/mol. The van der Waals surface area contributed by atoms with Gasteiger partial charge in [0, 0.05) is 19.2 Å². The van der Waals surface area contributed by atoms with Gasteiger partial charge < -0.3 is 10.4 Å². The van der Waals surface area contributed by atoms with E-state index in [-0.39, 0.29) is 23.4 Å². The number of hydrogen-bond acceptors (Lipinski definition) is 6. The van der Waals surface area contributed by atoms with Gasteiger partial charge in [-0.15, -0.1) is 0 Å². The van der Waals surface area contributed by atoms with E-state index in [0.29, 0.717) is 11.4 Å². The Morgan fingerprint density at radius 1 is 1.06 bits per heavy atom.